The van der Waals surface area contributed by atoms with Crippen LogP contribution in [0.2, 0.25) is 0 Å². The molecule has 0 spiro atoms. The molecule has 2 unspecified atom stereocenters. The highest BCUT2D eigenvalue weighted by Crippen LogP contribution is 2.21. The Bertz CT molecular complexity index is 432. The number of rotatable bonds is 6. The molecule has 0 N–H and O–H groups in total. The smallest absolute Gasteiger partial charge is 0.310 e. The van der Waals surface area contributed by atoms with Crippen molar-refractivity contribution in [3.05, 3.63) is 35.9 Å². The fourth-order valence-corrected chi connectivity index (χ4v) is 3.06. The minimum absolute atomic E-state index is 0.0548. The summed E-state index contributed by atoms with van der Waals surface area (Å²) in [5.41, 5.74) is 1.04. The van der Waals surface area contributed by atoms with Gasteiger partial charge in [0.25, 0.3) is 0 Å². The third-order valence-electron chi connectivity index (χ3n) is 4.35. The van der Waals surface area contributed by atoms with Crippen LogP contribution >= 0.6 is 0 Å². The number of esters is 1. The molecule has 2 atom stereocenters. The molecule has 1 aliphatic heterocycles. The highest BCUT2D eigenvalue weighted by Gasteiger charge is 2.25. The molecule has 116 valence electrons. The standard InChI is InChI=1S/C18H27NO2/c1-3-17-11-7-8-12-19(17)13-15(2)18(20)21-14-16-9-5-4-6-10-16/h4-6,9-10,15,17H,3,7-8,11-14H2,1-2H3. The molecule has 0 bridgehead atoms. The maximum absolute atomic E-state index is 12.1. The highest BCUT2D eigenvalue weighted by molar-refractivity contribution is 5.72. The molecule has 1 aromatic rings. The zero-order valence-corrected chi connectivity index (χ0v) is 13.3. The van der Waals surface area contributed by atoms with Crippen LogP contribution in [0, 0.1) is 5.92 Å². The van der Waals surface area contributed by atoms with Gasteiger partial charge in [0.2, 0.25) is 0 Å². The van der Waals surface area contributed by atoms with Gasteiger partial charge in [-0.3, -0.25) is 9.69 Å². The van der Waals surface area contributed by atoms with E-state index in [1.165, 1.54) is 25.7 Å². The van der Waals surface area contributed by atoms with Gasteiger partial charge < -0.3 is 4.74 Å². The van der Waals surface area contributed by atoms with Gasteiger partial charge in [0, 0.05) is 12.6 Å². The lowest BCUT2D eigenvalue weighted by Crippen LogP contribution is -2.43. The van der Waals surface area contributed by atoms with E-state index in [1.54, 1.807) is 0 Å². The lowest BCUT2D eigenvalue weighted by Gasteiger charge is -2.36. The van der Waals surface area contributed by atoms with Crippen LogP contribution in [0.5, 0.6) is 0 Å². The van der Waals surface area contributed by atoms with Gasteiger partial charge in [0.05, 0.1) is 5.92 Å². The molecular formula is C18H27NO2. The molecule has 3 nitrogen and oxygen atoms in total. The van der Waals surface area contributed by atoms with Crippen molar-refractivity contribution in [2.24, 2.45) is 5.92 Å². The largest absolute Gasteiger partial charge is 0.461 e. The van der Waals surface area contributed by atoms with Crippen molar-refractivity contribution in [3.8, 4) is 0 Å². The quantitative estimate of drug-likeness (QED) is 0.749. The minimum atomic E-state index is -0.0840. The highest BCUT2D eigenvalue weighted by atomic mass is 16.5. The van der Waals surface area contributed by atoms with Gasteiger partial charge in [0.1, 0.15) is 6.61 Å². The molecule has 1 heterocycles. The van der Waals surface area contributed by atoms with Gasteiger partial charge in [-0.2, -0.15) is 0 Å². The van der Waals surface area contributed by atoms with Gasteiger partial charge in [-0.15, -0.1) is 0 Å². The molecule has 0 aromatic heterocycles. The zero-order chi connectivity index (χ0) is 15.1. The summed E-state index contributed by atoms with van der Waals surface area (Å²) in [5, 5.41) is 0. The number of hydrogen-bond donors (Lipinski definition) is 0. The molecule has 1 aliphatic rings. The summed E-state index contributed by atoms with van der Waals surface area (Å²) < 4.78 is 5.43. The number of ether oxygens (including phenoxy) is 1. The predicted octanol–water partition coefficient (Wildman–Crippen LogP) is 3.63. The summed E-state index contributed by atoms with van der Waals surface area (Å²) in [6, 6.07) is 10.5. The summed E-state index contributed by atoms with van der Waals surface area (Å²) in [6.45, 7) is 6.54. The number of likely N-dealkylation sites (tertiary alicyclic amines) is 1. The van der Waals surface area contributed by atoms with Gasteiger partial charge in [-0.05, 0) is 31.4 Å². The Morgan fingerprint density at radius 1 is 1.33 bits per heavy atom. The number of piperidine rings is 1. The van der Waals surface area contributed by atoms with Gasteiger partial charge in [-0.1, -0.05) is 50.6 Å². The van der Waals surface area contributed by atoms with Crippen molar-refractivity contribution >= 4 is 5.97 Å². The Labute approximate surface area is 128 Å². The van der Waals surface area contributed by atoms with Crippen LogP contribution in [0.15, 0.2) is 30.3 Å². The molecule has 0 amide bonds. The van der Waals surface area contributed by atoms with Crippen LogP contribution in [0.4, 0.5) is 0 Å². The van der Waals surface area contributed by atoms with Crippen LogP contribution in [0.3, 0.4) is 0 Å². The average molecular weight is 289 g/mol. The summed E-state index contributed by atoms with van der Waals surface area (Å²) in [6.07, 6.45) is 5.01. The topological polar surface area (TPSA) is 29.5 Å². The number of hydrogen-bond acceptors (Lipinski definition) is 3. The Morgan fingerprint density at radius 2 is 2.10 bits per heavy atom. The molecule has 2 rings (SSSR count). The molecule has 1 saturated heterocycles. The molecule has 21 heavy (non-hydrogen) atoms. The van der Waals surface area contributed by atoms with Gasteiger partial charge in [-0.25, -0.2) is 0 Å². The second kappa shape index (κ2) is 8.18. The van der Waals surface area contributed by atoms with Crippen molar-refractivity contribution < 1.29 is 9.53 Å². The number of carbonyl (C=O) groups excluding carboxylic acids is 1. The maximum Gasteiger partial charge on any atom is 0.310 e. The Hall–Kier alpha value is -1.35. The predicted molar refractivity (Wildman–Crippen MR) is 84.9 cm³/mol. The van der Waals surface area contributed by atoms with E-state index >= 15 is 0 Å². The van der Waals surface area contributed by atoms with Crippen LogP contribution in [0.1, 0.15) is 45.1 Å². The van der Waals surface area contributed by atoms with Crippen molar-refractivity contribution in [1.29, 1.82) is 0 Å². The van der Waals surface area contributed by atoms with Crippen molar-refractivity contribution in [3.63, 3.8) is 0 Å². The van der Waals surface area contributed by atoms with Crippen molar-refractivity contribution in [2.75, 3.05) is 13.1 Å². The second-order valence-corrected chi connectivity index (χ2v) is 6.05. The first-order chi connectivity index (χ1) is 10.2. The van der Waals surface area contributed by atoms with Crippen molar-refractivity contribution in [2.45, 2.75) is 52.2 Å². The Balaban J connectivity index is 1.79. The third-order valence-corrected chi connectivity index (χ3v) is 4.35. The minimum Gasteiger partial charge on any atom is -0.461 e. The lowest BCUT2D eigenvalue weighted by molar-refractivity contribution is -0.150. The van der Waals surface area contributed by atoms with E-state index < -0.39 is 0 Å². The van der Waals surface area contributed by atoms with Gasteiger partial charge in [0.15, 0.2) is 0 Å². The molecule has 0 radical (unpaired) electrons. The van der Waals surface area contributed by atoms with Crippen LogP contribution in [-0.2, 0) is 16.1 Å². The van der Waals surface area contributed by atoms with Crippen LogP contribution < -0.4 is 0 Å². The normalized spacial score (nSPS) is 21.0. The van der Waals surface area contributed by atoms with E-state index in [0.717, 1.165) is 18.7 Å². The number of nitrogens with zero attached hydrogens (tertiary/aromatic N) is 1. The van der Waals surface area contributed by atoms with E-state index in [9.17, 15) is 4.79 Å². The van der Waals surface area contributed by atoms with Crippen LogP contribution in [0.25, 0.3) is 0 Å². The van der Waals surface area contributed by atoms with Crippen LogP contribution in [-0.4, -0.2) is 30.0 Å². The molecule has 1 fully saturated rings. The summed E-state index contributed by atoms with van der Waals surface area (Å²) >= 11 is 0. The Morgan fingerprint density at radius 3 is 2.81 bits per heavy atom. The molecule has 0 aliphatic carbocycles. The lowest BCUT2D eigenvalue weighted by atomic mass is 9.98. The molecular weight excluding hydrogens is 262 g/mol. The monoisotopic (exact) mass is 289 g/mol. The van der Waals surface area contributed by atoms with E-state index in [4.69, 9.17) is 4.74 Å². The second-order valence-electron chi connectivity index (χ2n) is 6.05. The van der Waals surface area contributed by atoms with E-state index in [0.29, 0.717) is 12.6 Å². The SMILES string of the molecule is CCC1CCCCN1CC(C)C(=O)OCc1ccccc1. The molecule has 0 saturated carbocycles. The summed E-state index contributed by atoms with van der Waals surface area (Å²) in [5.74, 6) is -0.139. The summed E-state index contributed by atoms with van der Waals surface area (Å²) in [7, 11) is 0. The van der Waals surface area contributed by atoms with E-state index in [2.05, 4.69) is 11.8 Å². The number of carbonyl (C=O) groups is 1. The third kappa shape index (κ3) is 4.85. The zero-order valence-electron chi connectivity index (χ0n) is 13.3. The van der Waals surface area contributed by atoms with E-state index in [1.807, 2.05) is 37.3 Å². The Kier molecular flexibility index (Phi) is 6.24. The fourth-order valence-electron chi connectivity index (χ4n) is 3.06. The summed E-state index contributed by atoms with van der Waals surface area (Å²) in [4.78, 5) is 14.6. The average Bonchev–Trinajstić information content (AvgIpc) is 2.54. The first-order valence-corrected chi connectivity index (χ1v) is 8.15. The molecule has 1 aromatic carbocycles. The number of benzene rings is 1. The fraction of sp³-hybridized carbons (Fsp3) is 0.611. The first-order valence-electron chi connectivity index (χ1n) is 8.15. The molecule has 3 heteroatoms. The maximum atomic E-state index is 12.1. The first kappa shape index (κ1) is 16.0. The van der Waals surface area contributed by atoms with E-state index in [-0.39, 0.29) is 11.9 Å². The van der Waals surface area contributed by atoms with Gasteiger partial charge >= 0.3 is 5.97 Å². The van der Waals surface area contributed by atoms with Crippen molar-refractivity contribution in [1.82, 2.24) is 4.90 Å².